The highest BCUT2D eigenvalue weighted by molar-refractivity contribution is 8.00. The van der Waals surface area contributed by atoms with E-state index in [9.17, 15) is 9.90 Å². The Balaban J connectivity index is 2.11. The van der Waals surface area contributed by atoms with E-state index in [1.165, 1.54) is 19.3 Å². The first kappa shape index (κ1) is 14.6. The van der Waals surface area contributed by atoms with Gasteiger partial charge in [-0.2, -0.15) is 0 Å². The Morgan fingerprint density at radius 3 is 2.74 bits per heavy atom. The van der Waals surface area contributed by atoms with Crippen molar-refractivity contribution in [3.8, 4) is 0 Å². The fraction of sp³-hybridized carbons (Fsp3) is 0.533. The number of aliphatic hydroxyl groups is 1. The quantitative estimate of drug-likeness (QED) is 0.664. The van der Waals surface area contributed by atoms with E-state index in [4.69, 9.17) is 0 Å². The maximum Gasteiger partial charge on any atom is 0.147 e. The Morgan fingerprint density at radius 1 is 1.37 bits per heavy atom. The van der Waals surface area contributed by atoms with Crippen molar-refractivity contribution in [2.75, 3.05) is 13.1 Å². The molecule has 3 nitrogen and oxygen atoms in total. The molecule has 2 rings (SSSR count). The van der Waals surface area contributed by atoms with E-state index in [0.29, 0.717) is 0 Å². The summed E-state index contributed by atoms with van der Waals surface area (Å²) < 4.78 is 0. The lowest BCUT2D eigenvalue weighted by atomic mass is 10.1. The number of aldehydes is 1. The van der Waals surface area contributed by atoms with Crippen LogP contribution in [-0.2, 0) is 11.4 Å². The van der Waals surface area contributed by atoms with Gasteiger partial charge in [-0.1, -0.05) is 30.3 Å². The molecule has 1 unspecified atom stereocenters. The Hall–Kier alpha value is -0.840. The topological polar surface area (TPSA) is 40.5 Å². The summed E-state index contributed by atoms with van der Waals surface area (Å²) in [4.78, 5) is 14.7. The van der Waals surface area contributed by atoms with Gasteiger partial charge in [0.2, 0.25) is 0 Å². The number of benzene rings is 1. The van der Waals surface area contributed by atoms with Crippen LogP contribution in [0.25, 0.3) is 0 Å². The number of hydrogen-bond donors (Lipinski definition) is 1. The molecule has 104 valence electrons. The molecule has 0 bridgehead atoms. The van der Waals surface area contributed by atoms with Gasteiger partial charge in [-0.3, -0.25) is 4.90 Å². The second kappa shape index (κ2) is 7.08. The summed E-state index contributed by atoms with van der Waals surface area (Å²) in [6.07, 6.45) is 4.67. The Kier molecular flexibility index (Phi) is 5.43. The molecule has 0 saturated carbocycles. The van der Waals surface area contributed by atoms with Crippen molar-refractivity contribution < 1.29 is 9.90 Å². The van der Waals surface area contributed by atoms with Gasteiger partial charge in [0.05, 0.1) is 6.61 Å². The van der Waals surface area contributed by atoms with Crippen LogP contribution in [0.2, 0.25) is 0 Å². The average molecular weight is 279 g/mol. The summed E-state index contributed by atoms with van der Waals surface area (Å²) in [7, 11) is 0. The molecule has 0 amide bonds. The maximum atomic E-state index is 11.4. The molecule has 4 heteroatoms. The van der Waals surface area contributed by atoms with E-state index in [1.54, 1.807) is 11.8 Å². The molecule has 1 aromatic carbocycles. The molecule has 0 aromatic heterocycles. The normalized spacial score (nSPS) is 18.2. The second-order valence-corrected chi connectivity index (χ2v) is 6.10. The molecule has 1 heterocycles. The minimum absolute atomic E-state index is 0.0513. The van der Waals surface area contributed by atoms with Crippen molar-refractivity contribution in [1.82, 2.24) is 4.90 Å². The lowest BCUT2D eigenvalue weighted by molar-refractivity contribution is -0.110. The molecule has 0 radical (unpaired) electrons. The van der Waals surface area contributed by atoms with Crippen LogP contribution in [0.5, 0.6) is 0 Å². The number of piperidine rings is 1. The lowest BCUT2D eigenvalue weighted by Gasteiger charge is -2.31. The van der Waals surface area contributed by atoms with E-state index in [-0.39, 0.29) is 12.0 Å². The first-order chi connectivity index (χ1) is 9.26. The molecular weight excluding hydrogens is 258 g/mol. The minimum atomic E-state index is -0.104. The van der Waals surface area contributed by atoms with Gasteiger partial charge < -0.3 is 9.90 Å². The van der Waals surface area contributed by atoms with E-state index in [1.807, 2.05) is 25.1 Å². The van der Waals surface area contributed by atoms with Gasteiger partial charge in [0, 0.05) is 4.90 Å². The fourth-order valence-electron chi connectivity index (χ4n) is 2.45. The van der Waals surface area contributed by atoms with Crippen LogP contribution in [0, 0.1) is 6.92 Å². The van der Waals surface area contributed by atoms with Gasteiger partial charge in [0.1, 0.15) is 11.7 Å². The van der Waals surface area contributed by atoms with Gasteiger partial charge in [0.15, 0.2) is 0 Å². The van der Waals surface area contributed by atoms with Crippen LogP contribution in [0.15, 0.2) is 23.1 Å². The van der Waals surface area contributed by atoms with Crippen molar-refractivity contribution >= 4 is 18.0 Å². The van der Waals surface area contributed by atoms with Gasteiger partial charge in [0.25, 0.3) is 0 Å². The molecule has 1 fully saturated rings. The monoisotopic (exact) mass is 279 g/mol. The molecule has 1 atom stereocenters. The van der Waals surface area contributed by atoms with Crippen molar-refractivity contribution in [3.05, 3.63) is 29.3 Å². The van der Waals surface area contributed by atoms with E-state index in [2.05, 4.69) is 4.90 Å². The summed E-state index contributed by atoms with van der Waals surface area (Å²) in [5, 5.41) is 9.19. The molecule has 1 saturated heterocycles. The third-order valence-electron chi connectivity index (χ3n) is 3.68. The number of nitrogens with zero attached hydrogens (tertiary/aromatic N) is 1. The zero-order valence-corrected chi connectivity index (χ0v) is 12.2. The number of thioether (sulfide) groups is 1. The van der Waals surface area contributed by atoms with Gasteiger partial charge in [-0.05, 0) is 50.0 Å². The predicted molar refractivity (Wildman–Crippen MR) is 78.2 cm³/mol. The third kappa shape index (κ3) is 3.59. The largest absolute Gasteiger partial charge is 0.392 e. The van der Waals surface area contributed by atoms with Crippen molar-refractivity contribution in [2.24, 2.45) is 0 Å². The highest BCUT2D eigenvalue weighted by atomic mass is 32.2. The molecule has 1 aliphatic rings. The number of carbonyl (C=O) groups is 1. The maximum absolute atomic E-state index is 11.4. The fourth-order valence-corrected chi connectivity index (χ4v) is 3.59. The van der Waals surface area contributed by atoms with Crippen LogP contribution in [0.3, 0.4) is 0 Å². The van der Waals surface area contributed by atoms with Gasteiger partial charge >= 0.3 is 0 Å². The van der Waals surface area contributed by atoms with Crippen molar-refractivity contribution in [3.63, 3.8) is 0 Å². The van der Waals surface area contributed by atoms with Crippen LogP contribution in [-0.4, -0.2) is 34.8 Å². The standard InChI is InChI=1S/C15H21NO2S/c1-12-13(10-17)6-5-7-14(12)19-15(11-18)16-8-3-2-4-9-16/h5-7,11,15,17H,2-4,8-10H2,1H3. The molecule has 0 spiro atoms. The molecular formula is C15H21NO2S. The lowest BCUT2D eigenvalue weighted by Crippen LogP contribution is -2.38. The van der Waals surface area contributed by atoms with Gasteiger partial charge in [-0.25, -0.2) is 0 Å². The average Bonchev–Trinajstić information content (AvgIpc) is 2.47. The number of hydrogen-bond acceptors (Lipinski definition) is 4. The van der Waals surface area contributed by atoms with Crippen LogP contribution in [0.1, 0.15) is 30.4 Å². The summed E-state index contributed by atoms with van der Waals surface area (Å²) in [5.74, 6) is 0. The smallest absolute Gasteiger partial charge is 0.147 e. The van der Waals surface area contributed by atoms with Crippen molar-refractivity contribution in [2.45, 2.75) is 43.1 Å². The highest BCUT2D eigenvalue weighted by Gasteiger charge is 2.21. The summed E-state index contributed by atoms with van der Waals surface area (Å²) >= 11 is 1.60. The van der Waals surface area contributed by atoms with E-state index in [0.717, 1.165) is 35.4 Å². The molecule has 1 aliphatic heterocycles. The van der Waals surface area contributed by atoms with Crippen molar-refractivity contribution in [1.29, 1.82) is 0 Å². The highest BCUT2D eigenvalue weighted by Crippen LogP contribution is 2.30. The van der Waals surface area contributed by atoms with E-state index < -0.39 is 0 Å². The molecule has 19 heavy (non-hydrogen) atoms. The number of likely N-dealkylation sites (tertiary alicyclic amines) is 1. The Labute approximate surface area is 119 Å². The SMILES string of the molecule is Cc1c(CO)cccc1SC(C=O)N1CCCCC1. The second-order valence-electron chi connectivity index (χ2n) is 4.94. The third-order valence-corrected chi connectivity index (χ3v) is 5.03. The first-order valence-electron chi connectivity index (χ1n) is 6.81. The zero-order valence-electron chi connectivity index (χ0n) is 11.3. The molecule has 1 aromatic rings. The Morgan fingerprint density at radius 2 is 2.11 bits per heavy atom. The number of carbonyl (C=O) groups excluding carboxylic acids is 1. The number of rotatable bonds is 5. The van der Waals surface area contributed by atoms with Crippen LogP contribution >= 0.6 is 11.8 Å². The van der Waals surface area contributed by atoms with Crippen LogP contribution in [0.4, 0.5) is 0 Å². The predicted octanol–water partition coefficient (Wildman–Crippen LogP) is 2.59. The summed E-state index contributed by atoms with van der Waals surface area (Å²) in [6.45, 7) is 4.08. The van der Waals surface area contributed by atoms with Gasteiger partial charge in [-0.15, -0.1) is 0 Å². The zero-order chi connectivity index (χ0) is 13.7. The van der Waals surface area contributed by atoms with Crippen LogP contribution < -0.4 is 0 Å². The number of aliphatic hydroxyl groups excluding tert-OH is 1. The summed E-state index contributed by atoms with van der Waals surface area (Å²) in [6, 6.07) is 5.90. The Bertz CT molecular complexity index is 430. The minimum Gasteiger partial charge on any atom is -0.392 e. The summed E-state index contributed by atoms with van der Waals surface area (Å²) in [5.41, 5.74) is 2.02. The molecule has 0 aliphatic carbocycles. The first-order valence-corrected chi connectivity index (χ1v) is 7.69. The molecule has 1 N–H and O–H groups in total. The van der Waals surface area contributed by atoms with E-state index >= 15 is 0 Å².